The van der Waals surface area contributed by atoms with Gasteiger partial charge in [0.25, 0.3) is 0 Å². The first kappa shape index (κ1) is 31.6. The number of pyridine rings is 2. The summed E-state index contributed by atoms with van der Waals surface area (Å²) in [6, 6.07) is 0. The first-order valence-corrected chi connectivity index (χ1v) is 19.5. The summed E-state index contributed by atoms with van der Waals surface area (Å²) in [4.78, 5) is 23.4. The molecule has 6 aliphatic rings. The predicted octanol–water partition coefficient (Wildman–Crippen LogP) is 8.75. The minimum atomic E-state index is 0.610. The van der Waals surface area contributed by atoms with E-state index >= 15 is 0 Å². The lowest BCUT2D eigenvalue weighted by Gasteiger charge is -2.24. The summed E-state index contributed by atoms with van der Waals surface area (Å²) in [5.74, 6) is 4.93. The van der Waals surface area contributed by atoms with Gasteiger partial charge in [0.15, 0.2) is 0 Å². The summed E-state index contributed by atoms with van der Waals surface area (Å²) < 4.78 is 13.4. The normalized spacial score (nSPS) is 22.6. The second kappa shape index (κ2) is 13.7. The molecule has 2 saturated carbocycles. The lowest BCUT2D eigenvalue weighted by molar-refractivity contribution is 0.0807. The van der Waals surface area contributed by atoms with Gasteiger partial charge in [-0.05, 0) is 74.3 Å². The van der Waals surface area contributed by atoms with Gasteiger partial charge in [-0.3, -0.25) is 9.97 Å². The first-order valence-electron chi connectivity index (χ1n) is 19.5. The molecule has 4 aliphatic carbocycles. The number of imidazole rings is 2. The highest BCUT2D eigenvalue weighted by molar-refractivity contribution is 5.93. The molecule has 2 aliphatic heterocycles. The summed E-state index contributed by atoms with van der Waals surface area (Å²) >= 11 is 0. The van der Waals surface area contributed by atoms with Gasteiger partial charge in [0.1, 0.15) is 11.6 Å². The van der Waals surface area contributed by atoms with Crippen LogP contribution in [0, 0.1) is 11.8 Å². The van der Waals surface area contributed by atoms with Gasteiger partial charge in [0.2, 0.25) is 0 Å². The van der Waals surface area contributed by atoms with Crippen molar-refractivity contribution in [1.29, 1.82) is 0 Å². The van der Waals surface area contributed by atoms with Crippen LogP contribution in [0.1, 0.15) is 136 Å². The molecule has 4 fully saturated rings. The molecule has 1 N–H and O–H groups in total. The molecule has 8 heteroatoms. The fourth-order valence-corrected chi connectivity index (χ4v) is 9.82. The van der Waals surface area contributed by atoms with E-state index in [1.807, 2.05) is 12.4 Å². The Morgan fingerprint density at radius 1 is 0.612 bits per heavy atom. The van der Waals surface area contributed by atoms with Gasteiger partial charge in [0.05, 0.1) is 45.8 Å². The van der Waals surface area contributed by atoms with Crippen LogP contribution < -0.4 is 0 Å². The zero-order valence-corrected chi connectivity index (χ0v) is 29.3. The Hall–Kier alpha value is -3.36. The van der Waals surface area contributed by atoms with Crippen LogP contribution >= 0.6 is 0 Å². The van der Waals surface area contributed by atoms with Crippen molar-refractivity contribution >= 4 is 33.2 Å². The monoisotopic (exact) mass is 660 g/mol. The number of allylic oxidation sites excluding steroid dienone is 4. The van der Waals surface area contributed by atoms with Crippen molar-refractivity contribution in [2.75, 3.05) is 26.4 Å². The number of aromatic amines is 1. The van der Waals surface area contributed by atoms with E-state index in [9.17, 15) is 0 Å². The van der Waals surface area contributed by atoms with Gasteiger partial charge in [0, 0.05) is 69.3 Å². The molecule has 0 unspecified atom stereocenters. The molecule has 0 amide bonds. The average Bonchev–Trinajstić information content (AvgIpc) is 3.97. The molecule has 49 heavy (non-hydrogen) atoms. The van der Waals surface area contributed by atoms with Crippen LogP contribution in [0.5, 0.6) is 0 Å². The van der Waals surface area contributed by atoms with Crippen LogP contribution in [0.4, 0.5) is 0 Å². The van der Waals surface area contributed by atoms with E-state index in [1.165, 1.54) is 121 Å². The third kappa shape index (κ3) is 5.97. The molecule has 0 atom stereocenters. The number of ether oxygens (including phenoxy) is 2. The molecule has 0 aromatic carbocycles. The fourth-order valence-electron chi connectivity index (χ4n) is 9.82. The Kier molecular flexibility index (Phi) is 8.87. The van der Waals surface area contributed by atoms with Gasteiger partial charge < -0.3 is 19.0 Å². The van der Waals surface area contributed by atoms with Gasteiger partial charge >= 0.3 is 0 Å². The number of nitrogens with one attached hydrogen (secondary N) is 1. The SMILES string of the molecule is C1=C(C2CCOCC2)c2c(ncc3[nH]c(C4CCCCC4)nc23)C1.Cn1c(C2CCCCC2)nc2c3c(ncc21)CC=C3C1CCOCC1. The van der Waals surface area contributed by atoms with Crippen LogP contribution in [0.15, 0.2) is 24.5 Å². The molecule has 0 bridgehead atoms. The smallest absolute Gasteiger partial charge is 0.112 e. The Morgan fingerprint density at radius 3 is 1.78 bits per heavy atom. The minimum absolute atomic E-state index is 0.610. The first-order chi connectivity index (χ1) is 24.2. The molecule has 4 aromatic heterocycles. The summed E-state index contributed by atoms with van der Waals surface area (Å²) in [7, 11) is 2.18. The number of H-pyrrole nitrogens is 1. The highest BCUT2D eigenvalue weighted by Gasteiger charge is 2.31. The average molecular weight is 661 g/mol. The van der Waals surface area contributed by atoms with Crippen LogP contribution in [0.2, 0.25) is 0 Å². The van der Waals surface area contributed by atoms with Crippen LogP contribution in [-0.2, 0) is 29.4 Å². The Morgan fingerprint density at radius 2 is 1.16 bits per heavy atom. The van der Waals surface area contributed by atoms with E-state index in [0.717, 1.165) is 76.0 Å². The third-order valence-electron chi connectivity index (χ3n) is 12.6. The Labute approximate surface area is 290 Å². The maximum absolute atomic E-state index is 5.57. The summed E-state index contributed by atoms with van der Waals surface area (Å²) in [5, 5.41) is 0. The molecule has 4 aromatic rings. The lowest BCUT2D eigenvalue weighted by atomic mass is 9.88. The highest BCUT2D eigenvalue weighted by atomic mass is 16.5. The largest absolute Gasteiger partial charge is 0.381 e. The quantitative estimate of drug-likeness (QED) is 0.235. The topological polar surface area (TPSA) is 90.7 Å². The molecule has 10 rings (SSSR count). The highest BCUT2D eigenvalue weighted by Crippen LogP contribution is 2.43. The zero-order valence-electron chi connectivity index (χ0n) is 29.3. The van der Waals surface area contributed by atoms with Crippen molar-refractivity contribution in [2.45, 2.75) is 115 Å². The van der Waals surface area contributed by atoms with Crippen molar-refractivity contribution in [3.8, 4) is 0 Å². The molecule has 8 nitrogen and oxygen atoms in total. The van der Waals surface area contributed by atoms with Crippen LogP contribution in [-0.4, -0.2) is 55.9 Å². The fraction of sp³-hybridized carbons (Fsp3) is 0.610. The standard InChI is InChI=1S/C21H27N3O.C20H25N3O/c1-24-18-13-22-17-8-7-16(14-9-11-25-12-10-14)19(17)20(18)23-21(24)15-5-3-2-4-6-15;1-2-4-14(5-3-1)20-22-17-12-21-16-7-6-15(18(16)19(17)23-20)13-8-10-24-11-9-13/h7,13-15H,2-6,8-12H2,1H3;6,12-14H,1-5,7-11H2,(H,22,23). The molecule has 0 radical (unpaired) electrons. The molecule has 0 spiro atoms. The van der Waals surface area contributed by atoms with Gasteiger partial charge in [-0.25, -0.2) is 9.97 Å². The molecule has 6 heterocycles. The van der Waals surface area contributed by atoms with E-state index in [2.05, 4.69) is 28.8 Å². The predicted molar refractivity (Wildman–Crippen MR) is 194 cm³/mol. The maximum atomic E-state index is 5.57. The summed E-state index contributed by atoms with van der Waals surface area (Å²) in [6.45, 7) is 3.54. The summed E-state index contributed by atoms with van der Waals surface area (Å²) in [5.41, 5.74) is 12.8. The Balaban J connectivity index is 0.000000133. The molecular weight excluding hydrogens is 608 g/mol. The third-order valence-corrected chi connectivity index (χ3v) is 12.6. The van der Waals surface area contributed by atoms with Crippen molar-refractivity contribution < 1.29 is 9.47 Å². The number of rotatable bonds is 4. The second-order valence-corrected chi connectivity index (χ2v) is 15.5. The molecule has 2 saturated heterocycles. The summed E-state index contributed by atoms with van der Waals surface area (Å²) in [6.07, 6.45) is 28.5. The number of aryl methyl sites for hydroxylation is 1. The van der Waals surface area contributed by atoms with E-state index < -0.39 is 0 Å². The van der Waals surface area contributed by atoms with E-state index in [0.29, 0.717) is 23.7 Å². The van der Waals surface area contributed by atoms with Crippen LogP contribution in [0.25, 0.3) is 33.2 Å². The van der Waals surface area contributed by atoms with Crippen molar-refractivity contribution in [2.24, 2.45) is 18.9 Å². The van der Waals surface area contributed by atoms with Gasteiger partial charge in [-0.1, -0.05) is 50.7 Å². The van der Waals surface area contributed by atoms with Crippen molar-refractivity contribution in [3.63, 3.8) is 0 Å². The van der Waals surface area contributed by atoms with E-state index in [-0.39, 0.29) is 0 Å². The molecule has 258 valence electrons. The zero-order chi connectivity index (χ0) is 32.7. The van der Waals surface area contributed by atoms with Crippen molar-refractivity contribution in [1.82, 2.24) is 29.5 Å². The van der Waals surface area contributed by atoms with Crippen LogP contribution in [0.3, 0.4) is 0 Å². The number of nitrogens with zero attached hydrogens (tertiary/aromatic N) is 5. The maximum Gasteiger partial charge on any atom is 0.112 e. The van der Waals surface area contributed by atoms with Gasteiger partial charge in [-0.15, -0.1) is 0 Å². The van der Waals surface area contributed by atoms with E-state index in [4.69, 9.17) is 29.4 Å². The second-order valence-electron chi connectivity index (χ2n) is 15.5. The van der Waals surface area contributed by atoms with Gasteiger partial charge in [-0.2, -0.15) is 0 Å². The number of hydrogen-bond acceptors (Lipinski definition) is 6. The van der Waals surface area contributed by atoms with Crippen molar-refractivity contribution in [3.05, 3.63) is 58.7 Å². The van der Waals surface area contributed by atoms with E-state index in [1.54, 1.807) is 0 Å². The lowest BCUT2D eigenvalue weighted by Crippen LogP contribution is -2.16. The number of hydrogen-bond donors (Lipinski definition) is 1. The minimum Gasteiger partial charge on any atom is -0.381 e. The Bertz CT molecular complexity index is 1880. The number of fused-ring (bicyclic) bond motifs is 6. The molecular formula is C41H52N6O2. The number of aromatic nitrogens is 6.